The maximum Gasteiger partial charge on any atom is 0.321 e. The number of rotatable bonds is 3. The van der Waals surface area contributed by atoms with Crippen LogP contribution in [-0.2, 0) is 9.59 Å². The molecule has 3 aliphatic rings. The third kappa shape index (κ3) is 5.99. The summed E-state index contributed by atoms with van der Waals surface area (Å²) in [4.78, 5) is 22.0. The molecule has 4 nitrogen and oxygen atoms in total. The molecule has 3 saturated carbocycles. The summed E-state index contributed by atoms with van der Waals surface area (Å²) in [6, 6.07) is 0. The monoisotopic (exact) mass is 366 g/mol. The third-order valence-corrected chi connectivity index (χ3v) is 6.99. The van der Waals surface area contributed by atoms with Gasteiger partial charge in [0.2, 0.25) is 0 Å². The standard InChI is InChI=1S/C12H22.C10H16O4/c1-3-7-11(8-4-1)12-9-5-2-6-10-12;11-8(12)10(9(13)14)6-4-2-1-3-5-7-10/h11-12H,1-10H2;1-7H2,(H,11,12)(H,13,14). The predicted molar refractivity (Wildman–Crippen MR) is 103 cm³/mol. The topological polar surface area (TPSA) is 74.6 Å². The Bertz CT molecular complexity index is 393. The second-order valence-corrected chi connectivity index (χ2v) is 8.76. The van der Waals surface area contributed by atoms with Crippen LogP contribution in [0.4, 0.5) is 0 Å². The molecule has 0 bridgehead atoms. The van der Waals surface area contributed by atoms with Gasteiger partial charge in [0.05, 0.1) is 0 Å². The molecule has 0 aromatic rings. The van der Waals surface area contributed by atoms with Crippen LogP contribution in [0.2, 0.25) is 0 Å². The van der Waals surface area contributed by atoms with Crippen molar-refractivity contribution in [1.29, 1.82) is 0 Å². The molecule has 2 N–H and O–H groups in total. The Kier molecular flexibility index (Phi) is 8.94. The van der Waals surface area contributed by atoms with Crippen LogP contribution in [0, 0.1) is 17.3 Å². The van der Waals surface area contributed by atoms with Gasteiger partial charge in [-0.1, -0.05) is 96.3 Å². The Morgan fingerprint density at radius 3 is 1.19 bits per heavy atom. The molecule has 3 rings (SSSR count). The van der Waals surface area contributed by atoms with Gasteiger partial charge in [0, 0.05) is 0 Å². The third-order valence-electron chi connectivity index (χ3n) is 6.99. The fourth-order valence-electron chi connectivity index (χ4n) is 5.24. The molecule has 0 heterocycles. The average molecular weight is 367 g/mol. The number of aliphatic carboxylic acids is 2. The summed E-state index contributed by atoms with van der Waals surface area (Å²) in [5.74, 6) is -0.0723. The SMILES string of the molecule is C1CCC(C2CCCCC2)CC1.O=C(O)C1(C(=O)O)CCCCCCC1. The van der Waals surface area contributed by atoms with Gasteiger partial charge in [0.1, 0.15) is 0 Å². The van der Waals surface area contributed by atoms with Crippen molar-refractivity contribution in [3.63, 3.8) is 0 Å². The second-order valence-electron chi connectivity index (χ2n) is 8.76. The molecule has 26 heavy (non-hydrogen) atoms. The number of hydrogen-bond donors (Lipinski definition) is 2. The molecule has 0 radical (unpaired) electrons. The molecule has 150 valence electrons. The number of carbonyl (C=O) groups is 2. The molecule has 0 atom stereocenters. The van der Waals surface area contributed by atoms with Crippen LogP contribution < -0.4 is 0 Å². The van der Waals surface area contributed by atoms with Gasteiger partial charge in [-0.2, -0.15) is 0 Å². The summed E-state index contributed by atoms with van der Waals surface area (Å²) in [7, 11) is 0. The number of carboxylic acids is 2. The number of hydrogen-bond acceptors (Lipinski definition) is 2. The molecular formula is C22H38O4. The minimum Gasteiger partial charge on any atom is -0.480 e. The van der Waals surface area contributed by atoms with E-state index in [9.17, 15) is 9.59 Å². The van der Waals surface area contributed by atoms with E-state index in [4.69, 9.17) is 10.2 Å². The van der Waals surface area contributed by atoms with E-state index < -0.39 is 17.4 Å². The summed E-state index contributed by atoms with van der Waals surface area (Å²) in [6.07, 6.45) is 20.3. The summed E-state index contributed by atoms with van der Waals surface area (Å²) >= 11 is 0. The van der Waals surface area contributed by atoms with Crippen LogP contribution in [0.5, 0.6) is 0 Å². The van der Waals surface area contributed by atoms with E-state index in [0.29, 0.717) is 12.8 Å². The lowest BCUT2D eigenvalue weighted by Crippen LogP contribution is -2.39. The molecule has 0 saturated heterocycles. The Hall–Kier alpha value is -1.06. The first-order valence-electron chi connectivity index (χ1n) is 11.0. The van der Waals surface area contributed by atoms with Crippen LogP contribution in [-0.4, -0.2) is 22.2 Å². The average Bonchev–Trinajstić information content (AvgIpc) is 2.63. The number of carboxylic acid groups (broad SMARTS) is 2. The maximum absolute atomic E-state index is 11.0. The Morgan fingerprint density at radius 1 is 0.538 bits per heavy atom. The summed E-state index contributed by atoms with van der Waals surface area (Å²) in [5.41, 5.74) is -1.51. The van der Waals surface area contributed by atoms with Crippen molar-refractivity contribution in [3.05, 3.63) is 0 Å². The van der Waals surface area contributed by atoms with Crippen LogP contribution in [0.15, 0.2) is 0 Å². The van der Waals surface area contributed by atoms with E-state index in [2.05, 4.69) is 0 Å². The highest BCUT2D eigenvalue weighted by atomic mass is 16.4. The largest absolute Gasteiger partial charge is 0.480 e. The predicted octanol–water partition coefficient (Wildman–Crippen LogP) is 6.03. The molecule has 3 aliphatic carbocycles. The molecular weight excluding hydrogens is 328 g/mol. The van der Waals surface area contributed by atoms with Gasteiger partial charge in [-0.15, -0.1) is 0 Å². The lowest BCUT2D eigenvalue weighted by molar-refractivity contribution is -0.166. The van der Waals surface area contributed by atoms with Crippen LogP contribution in [0.1, 0.15) is 109 Å². The van der Waals surface area contributed by atoms with E-state index in [1.54, 1.807) is 25.7 Å². The van der Waals surface area contributed by atoms with Gasteiger partial charge in [-0.05, 0) is 24.7 Å². The molecule has 0 unspecified atom stereocenters. The summed E-state index contributed by atoms with van der Waals surface area (Å²) in [6.45, 7) is 0. The minimum atomic E-state index is -1.51. The minimum absolute atomic E-state index is 0.275. The maximum atomic E-state index is 11.0. The Labute approximate surface area is 158 Å². The van der Waals surface area contributed by atoms with Gasteiger partial charge < -0.3 is 10.2 Å². The van der Waals surface area contributed by atoms with E-state index in [1.807, 2.05) is 0 Å². The normalized spacial score (nSPS) is 25.2. The second kappa shape index (κ2) is 10.9. The molecule has 4 heteroatoms. The van der Waals surface area contributed by atoms with Crippen LogP contribution in [0.25, 0.3) is 0 Å². The highest BCUT2D eigenvalue weighted by Crippen LogP contribution is 2.38. The zero-order chi connectivity index (χ0) is 18.8. The van der Waals surface area contributed by atoms with Gasteiger partial charge in [-0.3, -0.25) is 9.59 Å². The van der Waals surface area contributed by atoms with Gasteiger partial charge in [0.15, 0.2) is 5.41 Å². The van der Waals surface area contributed by atoms with Crippen molar-refractivity contribution >= 4 is 11.9 Å². The van der Waals surface area contributed by atoms with E-state index in [0.717, 1.165) is 31.1 Å². The van der Waals surface area contributed by atoms with E-state index in [1.165, 1.54) is 38.5 Å². The first-order chi connectivity index (χ1) is 12.6. The molecule has 3 fully saturated rings. The van der Waals surface area contributed by atoms with Gasteiger partial charge in [0.25, 0.3) is 0 Å². The molecule has 0 aliphatic heterocycles. The van der Waals surface area contributed by atoms with E-state index >= 15 is 0 Å². The summed E-state index contributed by atoms with van der Waals surface area (Å²) in [5, 5.41) is 18.0. The lowest BCUT2D eigenvalue weighted by Gasteiger charge is -2.32. The molecule has 0 amide bonds. The van der Waals surface area contributed by atoms with Crippen molar-refractivity contribution in [3.8, 4) is 0 Å². The Balaban J connectivity index is 0.000000189. The highest BCUT2D eigenvalue weighted by molar-refractivity contribution is 5.98. The van der Waals surface area contributed by atoms with Gasteiger partial charge in [-0.25, -0.2) is 0 Å². The highest BCUT2D eigenvalue weighted by Gasteiger charge is 2.45. The van der Waals surface area contributed by atoms with Crippen LogP contribution >= 0.6 is 0 Å². The van der Waals surface area contributed by atoms with Crippen molar-refractivity contribution in [2.45, 2.75) is 109 Å². The van der Waals surface area contributed by atoms with Crippen molar-refractivity contribution < 1.29 is 19.8 Å². The Morgan fingerprint density at radius 2 is 0.846 bits per heavy atom. The van der Waals surface area contributed by atoms with Crippen molar-refractivity contribution in [2.75, 3.05) is 0 Å². The quantitative estimate of drug-likeness (QED) is 0.598. The fraction of sp³-hybridized carbons (Fsp3) is 0.909. The summed E-state index contributed by atoms with van der Waals surface area (Å²) < 4.78 is 0. The lowest BCUT2D eigenvalue weighted by atomic mass is 9.73. The van der Waals surface area contributed by atoms with Gasteiger partial charge >= 0.3 is 11.9 Å². The molecule has 0 spiro atoms. The zero-order valence-corrected chi connectivity index (χ0v) is 16.4. The molecule has 0 aromatic heterocycles. The fourth-order valence-corrected chi connectivity index (χ4v) is 5.24. The van der Waals surface area contributed by atoms with Crippen LogP contribution in [0.3, 0.4) is 0 Å². The van der Waals surface area contributed by atoms with Crippen molar-refractivity contribution in [1.82, 2.24) is 0 Å². The zero-order valence-electron chi connectivity index (χ0n) is 16.4. The molecule has 0 aromatic carbocycles. The first-order valence-corrected chi connectivity index (χ1v) is 11.0. The van der Waals surface area contributed by atoms with E-state index in [-0.39, 0.29) is 12.8 Å². The first kappa shape index (κ1) is 21.2. The smallest absolute Gasteiger partial charge is 0.321 e. The van der Waals surface area contributed by atoms with Crippen molar-refractivity contribution in [2.24, 2.45) is 17.3 Å².